The van der Waals surface area contributed by atoms with Crippen molar-refractivity contribution >= 4 is 47.5 Å². The normalized spacial score (nSPS) is 13.4. The lowest BCUT2D eigenvalue weighted by molar-refractivity contribution is -0.142. The number of phenols is 2. The quantitative estimate of drug-likeness (QED) is 0.0267. The maximum atomic E-state index is 13.7. The number of aromatic hydroxyl groups is 2. The van der Waals surface area contributed by atoms with Crippen LogP contribution in [0.5, 0.6) is 11.5 Å². The second-order valence-corrected chi connectivity index (χ2v) is 22.5. The predicted molar refractivity (Wildman–Crippen MR) is 335 cm³/mol. The molecule has 510 valence electrons. The number of carbonyl (C=O) groups excluding carboxylic acids is 4. The Balaban J connectivity index is 0.000000431. The Hall–Kier alpha value is -9.90. The molecule has 22 nitrogen and oxygen atoms in total. The number of amides is 4. The Labute approximate surface area is 539 Å². The number of carboxylic acids is 4. The SMILES string of the molecule is CC(C)C[C@H](N)C(=O)NC(Cc1ccc(F)c(F)c1)C(=O)O.CC(C)C[C@H](N)C(=O)NC(Cc1ccccc1F)C(=O)O.N[C@@H](Cc1ccc(O)cc1)C(=O)NC(Cc1ccc(F)c(F)c1)C(=O)O.N[C@@H](Cc1ccc(O)cc1)C(=O)NC(Cc1ccccc1F)C(=O)O.[HH]. The van der Waals surface area contributed by atoms with Gasteiger partial charge in [-0.1, -0.05) is 100 Å². The summed E-state index contributed by atoms with van der Waals surface area (Å²) in [6, 6.07) is 21.4. The number of benzene rings is 6. The Morgan fingerprint density at radius 2 is 0.617 bits per heavy atom. The summed E-state index contributed by atoms with van der Waals surface area (Å²) in [6.45, 7) is 7.62. The summed E-state index contributed by atoms with van der Waals surface area (Å²) in [5, 5.41) is 64.6. The Kier molecular flexibility index (Phi) is 32.4. The van der Waals surface area contributed by atoms with E-state index in [1.807, 2.05) is 27.7 Å². The van der Waals surface area contributed by atoms with E-state index in [0.717, 1.165) is 29.8 Å². The number of hydrogen-bond donors (Lipinski definition) is 14. The molecule has 0 aliphatic rings. The van der Waals surface area contributed by atoms with Crippen LogP contribution < -0.4 is 44.2 Å². The summed E-state index contributed by atoms with van der Waals surface area (Å²) in [6.07, 6.45) is 0.516. The molecule has 4 unspecified atom stereocenters. The largest absolute Gasteiger partial charge is 0.508 e. The van der Waals surface area contributed by atoms with Gasteiger partial charge in [0.05, 0.1) is 24.2 Å². The standard InChI is InChI=1S/C18H18F2N2O4.C18H19FN2O4.C15H20F2N2O3.C15H21FN2O3.H2/c19-13-6-3-11(7-14(13)20)9-16(18(25)26)22-17(24)15(21)8-10-1-4-12(23)5-2-10;19-14-4-2-1-3-12(14)10-16(18(24)25)21-17(23)15(20)9-11-5-7-13(22)8-6-11;1-8(2)5-12(18)14(20)19-13(15(21)22)7-9-3-4-10(16)11(17)6-9;1-9(2)7-12(17)14(19)18-13(15(20)21)8-10-5-3-4-6-11(10)16;/h1-7,15-16,23H,8-9,21H2,(H,22,24)(H,25,26);1-8,15-16,22H,9-10,20H2,(H,21,23)(H,24,25);3-4,6,8,12-13H,5,7,18H2,1-2H3,(H,19,20)(H,21,22);3-6,9,12-13H,7-8,17H2,1-2H3,(H,18,19)(H,20,21);1H/t2*15-,16?;2*12-,13?;/m0000./s1. The lowest BCUT2D eigenvalue weighted by Crippen LogP contribution is -2.50. The number of aliphatic carboxylic acids is 4. The third-order valence-corrected chi connectivity index (χ3v) is 13.7. The van der Waals surface area contributed by atoms with E-state index >= 15 is 0 Å². The highest BCUT2D eigenvalue weighted by Gasteiger charge is 2.29. The number of nitrogens with one attached hydrogen (secondary N) is 4. The second-order valence-electron chi connectivity index (χ2n) is 22.5. The molecule has 6 aromatic rings. The number of rotatable bonds is 28. The molecule has 0 saturated carbocycles. The molecule has 0 aliphatic heterocycles. The van der Waals surface area contributed by atoms with E-state index < -0.39 is 131 Å². The van der Waals surface area contributed by atoms with Crippen molar-refractivity contribution in [3.8, 4) is 11.5 Å². The van der Waals surface area contributed by atoms with Gasteiger partial charge in [-0.15, -0.1) is 0 Å². The summed E-state index contributed by atoms with van der Waals surface area (Å²) in [7, 11) is 0. The van der Waals surface area contributed by atoms with Crippen molar-refractivity contribution in [2.75, 3.05) is 0 Å². The van der Waals surface area contributed by atoms with Crippen molar-refractivity contribution in [1.29, 1.82) is 0 Å². The van der Waals surface area contributed by atoms with Crippen molar-refractivity contribution in [3.05, 3.63) is 202 Å². The Morgan fingerprint density at radius 3 is 0.883 bits per heavy atom. The van der Waals surface area contributed by atoms with Crippen molar-refractivity contribution < 1.29 is 96.8 Å². The average Bonchev–Trinajstić information content (AvgIpc) is 1.08. The van der Waals surface area contributed by atoms with Crippen LogP contribution in [0.4, 0.5) is 26.3 Å². The van der Waals surface area contributed by atoms with Crippen molar-refractivity contribution in [3.63, 3.8) is 0 Å². The molecule has 4 amide bonds. The van der Waals surface area contributed by atoms with Gasteiger partial charge >= 0.3 is 23.9 Å². The fourth-order valence-corrected chi connectivity index (χ4v) is 8.67. The zero-order valence-corrected chi connectivity index (χ0v) is 51.7. The van der Waals surface area contributed by atoms with Crippen LogP contribution in [0.25, 0.3) is 0 Å². The number of phenolic OH excluding ortho intramolecular Hbond substituents is 2. The van der Waals surface area contributed by atoms with Gasteiger partial charge in [0, 0.05) is 27.1 Å². The predicted octanol–water partition coefficient (Wildman–Crippen LogP) is 5.57. The van der Waals surface area contributed by atoms with Gasteiger partial charge in [-0.05, 0) is 132 Å². The third-order valence-electron chi connectivity index (χ3n) is 13.7. The molecular weight excluding hydrogens is 1240 g/mol. The molecule has 0 aromatic heterocycles. The molecule has 0 aliphatic carbocycles. The van der Waals surface area contributed by atoms with Crippen LogP contribution in [0.3, 0.4) is 0 Å². The third kappa shape index (κ3) is 28.3. The van der Waals surface area contributed by atoms with Gasteiger partial charge < -0.3 is 74.8 Å². The van der Waals surface area contributed by atoms with Crippen LogP contribution in [-0.2, 0) is 76.9 Å². The first kappa shape index (κ1) is 78.3. The molecule has 6 rings (SSSR count). The zero-order valence-electron chi connectivity index (χ0n) is 51.7. The van der Waals surface area contributed by atoms with Gasteiger partial charge in [0.15, 0.2) is 23.3 Å². The molecule has 0 spiro atoms. The van der Waals surface area contributed by atoms with E-state index in [-0.39, 0.29) is 85.5 Å². The van der Waals surface area contributed by atoms with Gasteiger partial charge in [-0.25, -0.2) is 45.5 Å². The van der Waals surface area contributed by atoms with Crippen molar-refractivity contribution in [2.45, 2.75) is 127 Å². The maximum absolute atomic E-state index is 13.7. The summed E-state index contributed by atoms with van der Waals surface area (Å²) >= 11 is 0. The van der Waals surface area contributed by atoms with E-state index in [9.17, 15) is 85.1 Å². The van der Waals surface area contributed by atoms with E-state index in [0.29, 0.717) is 18.4 Å². The van der Waals surface area contributed by atoms with Gasteiger partial charge in [0.2, 0.25) is 23.6 Å². The number of nitrogens with two attached hydrogens (primary N) is 4. The average molecular weight is 1320 g/mol. The van der Waals surface area contributed by atoms with Crippen LogP contribution in [0.15, 0.2) is 133 Å². The first-order valence-corrected chi connectivity index (χ1v) is 29.2. The smallest absolute Gasteiger partial charge is 0.326 e. The second kappa shape index (κ2) is 38.8. The van der Waals surface area contributed by atoms with Gasteiger partial charge in [0.1, 0.15) is 47.3 Å². The van der Waals surface area contributed by atoms with Crippen LogP contribution in [-0.4, -0.2) is 126 Å². The van der Waals surface area contributed by atoms with Crippen LogP contribution >= 0.6 is 0 Å². The molecule has 8 atom stereocenters. The van der Waals surface area contributed by atoms with Crippen LogP contribution in [0.2, 0.25) is 0 Å². The minimum absolute atomic E-state index is 0. The van der Waals surface area contributed by atoms with Gasteiger partial charge in [0.25, 0.3) is 0 Å². The molecule has 0 radical (unpaired) electrons. The topological polar surface area (TPSA) is 410 Å². The van der Waals surface area contributed by atoms with Gasteiger partial charge in [-0.2, -0.15) is 0 Å². The van der Waals surface area contributed by atoms with E-state index in [1.165, 1.54) is 72.8 Å². The fourth-order valence-electron chi connectivity index (χ4n) is 8.67. The number of carbonyl (C=O) groups is 8. The fraction of sp³-hybridized carbons (Fsp3) is 0.333. The summed E-state index contributed by atoms with van der Waals surface area (Å²) in [5.41, 5.74) is 25.4. The van der Waals surface area contributed by atoms with E-state index in [4.69, 9.17) is 33.1 Å². The molecule has 18 N–H and O–H groups in total. The molecule has 6 aromatic carbocycles. The van der Waals surface area contributed by atoms with Crippen LogP contribution in [0, 0.1) is 46.7 Å². The highest BCUT2D eigenvalue weighted by Crippen LogP contribution is 2.17. The van der Waals surface area contributed by atoms with E-state index in [2.05, 4.69) is 21.3 Å². The van der Waals surface area contributed by atoms with Crippen molar-refractivity contribution in [2.24, 2.45) is 34.8 Å². The summed E-state index contributed by atoms with van der Waals surface area (Å²) < 4.78 is 79.4. The zero-order chi connectivity index (χ0) is 70.5. The Bertz CT molecular complexity index is 3510. The summed E-state index contributed by atoms with van der Waals surface area (Å²) in [4.78, 5) is 93.2. The lowest BCUT2D eigenvalue weighted by atomic mass is 10.0. The molecule has 94 heavy (non-hydrogen) atoms. The molecule has 0 bridgehead atoms. The minimum atomic E-state index is -1.33. The molecule has 0 saturated heterocycles. The van der Waals surface area contributed by atoms with E-state index in [1.54, 1.807) is 36.4 Å². The minimum Gasteiger partial charge on any atom is -0.508 e. The highest BCUT2D eigenvalue weighted by atomic mass is 19.2. The Morgan fingerprint density at radius 1 is 0.351 bits per heavy atom. The molecule has 28 heteroatoms. The molecular formula is C66H80F6N8O14. The first-order chi connectivity index (χ1) is 44.1. The number of halogens is 6. The lowest BCUT2D eigenvalue weighted by Gasteiger charge is -2.19. The summed E-state index contributed by atoms with van der Waals surface area (Å²) in [5.74, 6) is -12.2. The van der Waals surface area contributed by atoms with Crippen LogP contribution in [0.1, 0.15) is 75.3 Å². The first-order valence-electron chi connectivity index (χ1n) is 29.2. The maximum Gasteiger partial charge on any atom is 0.326 e. The highest BCUT2D eigenvalue weighted by molar-refractivity contribution is 5.89. The number of carboxylic acid groups (broad SMARTS) is 4. The monoisotopic (exact) mass is 1320 g/mol. The number of hydrogen-bond acceptors (Lipinski definition) is 14. The van der Waals surface area contributed by atoms with Gasteiger partial charge in [-0.3, -0.25) is 19.2 Å². The molecule has 0 heterocycles. The molecule has 0 fully saturated rings. The van der Waals surface area contributed by atoms with Crippen molar-refractivity contribution in [1.82, 2.24) is 21.3 Å².